The van der Waals surface area contributed by atoms with Gasteiger partial charge in [0.25, 0.3) is 28.3 Å². The maximum absolute atomic E-state index is 14.2. The minimum Gasteiger partial charge on any atom is -0.508 e. The summed E-state index contributed by atoms with van der Waals surface area (Å²) < 4.78 is 12.9. The average Bonchev–Trinajstić information content (AvgIpc) is 3.75. The Morgan fingerprint density at radius 2 is 1.54 bits per heavy atom. The number of fused-ring (bicyclic) bond motifs is 8. The van der Waals surface area contributed by atoms with Gasteiger partial charge in [-0.05, 0) is 58.6 Å². The molecule has 0 radical (unpaired) electrons. The zero-order valence-corrected chi connectivity index (χ0v) is 33.7. The molecule has 0 spiro atoms. The van der Waals surface area contributed by atoms with Crippen LogP contribution in [-0.2, 0) is 49.2 Å². The van der Waals surface area contributed by atoms with Gasteiger partial charge in [0.05, 0.1) is 72.0 Å². The predicted molar refractivity (Wildman–Crippen MR) is 217 cm³/mol. The molecule has 3 aromatic carbocycles. The predicted octanol–water partition coefficient (Wildman–Crippen LogP) is 5.26. The molecule has 0 saturated carbocycles. The number of nitro benzene ring substituents is 4. The molecule has 23 nitrogen and oxygen atoms in total. The number of aromatic nitrogens is 2. The molecule has 3 aliphatic rings. The summed E-state index contributed by atoms with van der Waals surface area (Å²) in [5, 5.41) is 63.5. The van der Waals surface area contributed by atoms with Gasteiger partial charge in [-0.15, -0.1) is 0 Å². The maximum atomic E-state index is 14.2. The van der Waals surface area contributed by atoms with Crippen LogP contribution in [0.3, 0.4) is 0 Å². The second kappa shape index (κ2) is 14.5. The standard InChI is InChI=1S/C40H32N8O15/c1-6-40(26-14-30-34-18(15-44(30)36(50)25(26)17-61-38(40)52)9-21-24(16-43(4)5)31(49)8-7-27(21)41-34)62-37(51)39(2,3)63-42-35-22-10-19(45(53)54)12-28(47(57)58)32(22)33-23(35)11-20(46(55)56)13-29(33)48(59)60/h7-14,49H,6,15-17H2,1-5H3/t40-/m0/s1. The van der Waals surface area contributed by atoms with Crippen LogP contribution in [0.5, 0.6) is 5.75 Å². The van der Waals surface area contributed by atoms with Crippen molar-refractivity contribution in [3.8, 4) is 28.3 Å². The number of rotatable bonds is 11. The molecule has 0 bridgehead atoms. The third-order valence-corrected chi connectivity index (χ3v) is 11.1. The molecule has 63 heavy (non-hydrogen) atoms. The van der Waals surface area contributed by atoms with E-state index in [-0.39, 0.29) is 29.8 Å². The highest BCUT2D eigenvalue weighted by Gasteiger charge is 2.53. The Kier molecular flexibility index (Phi) is 9.54. The van der Waals surface area contributed by atoms with E-state index in [1.165, 1.54) is 23.6 Å². The SMILES string of the molecule is CC[C@@]1(OC(=O)C(C)(C)ON=C2c3cc([N+](=O)[O-])cc([N+](=O)[O-])c3-c3c2cc([N+](=O)[O-])cc3[N+](=O)[O-])C(=O)OCc2c1cc1n(c2=O)Cc2cc3c(CN(C)C)c(O)ccc3nc2-1. The Balaban J connectivity index is 1.21. The molecule has 5 aromatic rings. The van der Waals surface area contributed by atoms with Gasteiger partial charge < -0.3 is 28.9 Å². The van der Waals surface area contributed by atoms with Gasteiger partial charge in [-0.25, -0.2) is 14.6 Å². The van der Waals surface area contributed by atoms with Crippen LogP contribution in [0.2, 0.25) is 0 Å². The van der Waals surface area contributed by atoms with Gasteiger partial charge in [-0.2, -0.15) is 0 Å². The van der Waals surface area contributed by atoms with Crippen LogP contribution in [0.1, 0.15) is 60.6 Å². The first-order valence-corrected chi connectivity index (χ1v) is 18.9. The van der Waals surface area contributed by atoms with E-state index in [0.717, 1.165) is 26.0 Å². The molecule has 23 heteroatoms. The fourth-order valence-corrected chi connectivity index (χ4v) is 8.08. The van der Waals surface area contributed by atoms with Crippen LogP contribution in [0.15, 0.2) is 58.5 Å². The van der Waals surface area contributed by atoms with E-state index in [0.29, 0.717) is 52.1 Å². The highest BCUT2D eigenvalue weighted by atomic mass is 16.7. The number of pyridine rings is 2. The first-order chi connectivity index (χ1) is 29.7. The van der Waals surface area contributed by atoms with E-state index in [9.17, 15) is 59.9 Å². The smallest absolute Gasteiger partial charge is 0.355 e. The molecule has 0 amide bonds. The lowest BCUT2D eigenvalue weighted by Crippen LogP contribution is -2.50. The lowest BCUT2D eigenvalue weighted by atomic mass is 9.85. The zero-order valence-electron chi connectivity index (χ0n) is 33.7. The van der Waals surface area contributed by atoms with Crippen molar-refractivity contribution in [3.63, 3.8) is 0 Å². The van der Waals surface area contributed by atoms with Crippen molar-refractivity contribution in [1.82, 2.24) is 14.5 Å². The number of ether oxygens (including phenoxy) is 2. The molecule has 0 saturated heterocycles. The number of oxime groups is 1. The van der Waals surface area contributed by atoms with Crippen molar-refractivity contribution in [3.05, 3.63) is 133 Å². The van der Waals surface area contributed by atoms with E-state index in [1.54, 1.807) is 6.07 Å². The van der Waals surface area contributed by atoms with Crippen molar-refractivity contribution >= 4 is 51.3 Å². The lowest BCUT2D eigenvalue weighted by molar-refractivity contribution is -0.395. The highest BCUT2D eigenvalue weighted by Crippen LogP contribution is 2.50. The average molecular weight is 865 g/mol. The summed E-state index contributed by atoms with van der Waals surface area (Å²) in [5.74, 6) is -2.22. The number of phenols is 1. The van der Waals surface area contributed by atoms with Crippen molar-refractivity contribution in [2.45, 2.75) is 58.1 Å². The number of aromatic hydroxyl groups is 1. The topological polar surface area (TPSA) is 305 Å². The molecule has 1 N–H and O–H groups in total. The summed E-state index contributed by atoms with van der Waals surface area (Å²) in [6.45, 7) is 3.83. The molecule has 2 aromatic heterocycles. The number of hydrogen-bond donors (Lipinski definition) is 1. The summed E-state index contributed by atoms with van der Waals surface area (Å²) in [4.78, 5) is 98.8. The van der Waals surface area contributed by atoms with Crippen molar-refractivity contribution < 1.29 is 48.7 Å². The van der Waals surface area contributed by atoms with Gasteiger partial charge in [-0.1, -0.05) is 12.1 Å². The number of non-ortho nitro benzene ring substituents is 2. The van der Waals surface area contributed by atoms with Gasteiger partial charge >= 0.3 is 11.9 Å². The molecule has 8 rings (SSSR count). The number of carbonyl (C=O) groups excluding carboxylic acids is 2. The van der Waals surface area contributed by atoms with Crippen molar-refractivity contribution in [1.29, 1.82) is 0 Å². The van der Waals surface area contributed by atoms with Gasteiger partial charge in [-0.3, -0.25) is 45.3 Å². The fraction of sp³-hybridized carbons (Fsp3) is 0.275. The van der Waals surface area contributed by atoms with Crippen LogP contribution >= 0.6 is 0 Å². The summed E-state index contributed by atoms with van der Waals surface area (Å²) in [6.07, 6.45) is -0.259. The third-order valence-electron chi connectivity index (χ3n) is 11.1. The van der Waals surface area contributed by atoms with E-state index < -0.39 is 106 Å². The third kappa shape index (κ3) is 6.43. The largest absolute Gasteiger partial charge is 0.508 e. The molecular formula is C40H32N8O15. The number of carbonyl (C=O) groups is 2. The van der Waals surface area contributed by atoms with Gasteiger partial charge in [0.1, 0.15) is 18.1 Å². The zero-order chi connectivity index (χ0) is 45.6. The van der Waals surface area contributed by atoms with Gasteiger partial charge in [0.15, 0.2) is 0 Å². The molecule has 1 atom stereocenters. The second-order valence-corrected chi connectivity index (χ2v) is 15.7. The Hall–Kier alpha value is -8.21. The minimum atomic E-state index is -2.24. The number of benzene rings is 3. The van der Waals surface area contributed by atoms with Crippen LogP contribution in [0, 0.1) is 40.5 Å². The molecule has 1 aliphatic carbocycles. The first-order valence-electron chi connectivity index (χ1n) is 18.9. The van der Waals surface area contributed by atoms with Crippen molar-refractivity contribution in [2.75, 3.05) is 14.1 Å². The minimum absolute atomic E-state index is 0.0135. The molecular weight excluding hydrogens is 832 g/mol. The Labute approximate surface area is 352 Å². The molecule has 0 fully saturated rings. The molecule has 2 aliphatic heterocycles. The van der Waals surface area contributed by atoms with E-state index in [4.69, 9.17) is 19.3 Å². The van der Waals surface area contributed by atoms with E-state index in [2.05, 4.69) is 5.16 Å². The van der Waals surface area contributed by atoms with E-state index >= 15 is 0 Å². The summed E-state index contributed by atoms with van der Waals surface area (Å²) >= 11 is 0. The van der Waals surface area contributed by atoms with Crippen LogP contribution in [0.25, 0.3) is 33.4 Å². The fourth-order valence-electron chi connectivity index (χ4n) is 8.08. The number of phenolic OH excluding ortho intramolecular Hbond substituents is 1. The summed E-state index contributed by atoms with van der Waals surface area (Å²) in [6, 6.07) is 9.28. The molecule has 4 heterocycles. The molecule has 322 valence electrons. The summed E-state index contributed by atoms with van der Waals surface area (Å²) in [7, 11) is 3.70. The normalized spacial score (nSPS) is 15.8. The summed E-state index contributed by atoms with van der Waals surface area (Å²) in [5.41, 5.74) is -8.55. The lowest BCUT2D eigenvalue weighted by Gasteiger charge is -2.37. The first kappa shape index (κ1) is 41.5. The van der Waals surface area contributed by atoms with Crippen LogP contribution in [-0.4, -0.2) is 76.6 Å². The number of nitrogens with zero attached hydrogens (tertiary/aromatic N) is 8. The number of esters is 2. The van der Waals surface area contributed by atoms with Gasteiger partial charge in [0, 0.05) is 51.9 Å². The van der Waals surface area contributed by atoms with Gasteiger partial charge in [0.2, 0.25) is 11.2 Å². The monoisotopic (exact) mass is 864 g/mol. The maximum Gasteiger partial charge on any atom is 0.355 e. The van der Waals surface area contributed by atoms with Crippen LogP contribution in [0.4, 0.5) is 22.7 Å². The Bertz CT molecular complexity index is 2980. The number of nitro groups is 4. The Morgan fingerprint density at radius 3 is 2.08 bits per heavy atom. The van der Waals surface area contributed by atoms with Crippen molar-refractivity contribution in [2.24, 2.45) is 5.16 Å². The van der Waals surface area contributed by atoms with E-state index in [1.807, 2.05) is 25.1 Å². The van der Waals surface area contributed by atoms with Crippen LogP contribution < -0.4 is 5.56 Å². The highest BCUT2D eigenvalue weighted by molar-refractivity contribution is 6.27. The Morgan fingerprint density at radius 1 is 0.937 bits per heavy atom. The second-order valence-electron chi connectivity index (χ2n) is 15.7. The number of hydrogen-bond acceptors (Lipinski definition) is 18. The number of cyclic esters (lactones) is 1. The quantitative estimate of drug-likeness (QED) is 0.0984. The molecule has 0 unspecified atom stereocenters.